The van der Waals surface area contributed by atoms with Crippen molar-refractivity contribution in [2.45, 2.75) is 70.6 Å². The first-order chi connectivity index (χ1) is 12.2. The molecule has 3 heteroatoms. The molecule has 0 heterocycles. The zero-order valence-electron chi connectivity index (χ0n) is 15.5. The molecule has 0 spiro atoms. The number of hydrogen-bond donors (Lipinski definition) is 0. The van der Waals surface area contributed by atoms with Crippen molar-refractivity contribution in [2.24, 2.45) is 10.9 Å². The van der Waals surface area contributed by atoms with Crippen LogP contribution in [0.25, 0.3) is 0 Å². The van der Waals surface area contributed by atoms with Crippen LogP contribution in [0, 0.1) is 5.92 Å². The van der Waals surface area contributed by atoms with Gasteiger partial charge in [-0.1, -0.05) is 75.8 Å². The van der Waals surface area contributed by atoms with Gasteiger partial charge in [0, 0.05) is 25.6 Å². The smallest absolute Gasteiger partial charge is 0.149 e. The predicted molar refractivity (Wildman–Crippen MR) is 103 cm³/mol. The summed E-state index contributed by atoms with van der Waals surface area (Å²) in [5.74, 6) is -0.527. The molecule has 136 valence electrons. The number of benzene rings is 1. The highest BCUT2D eigenvalue weighted by Crippen LogP contribution is 2.31. The van der Waals surface area contributed by atoms with E-state index in [0.29, 0.717) is 12.8 Å². The van der Waals surface area contributed by atoms with Crippen molar-refractivity contribution < 1.29 is 9.59 Å². The molecule has 0 saturated heterocycles. The van der Waals surface area contributed by atoms with Gasteiger partial charge in [-0.15, -0.1) is 0 Å². The second kappa shape index (κ2) is 11.0. The van der Waals surface area contributed by atoms with Crippen LogP contribution in [0.15, 0.2) is 35.3 Å². The molecule has 2 rings (SSSR count). The molecule has 1 aromatic rings. The van der Waals surface area contributed by atoms with Crippen LogP contribution < -0.4 is 0 Å². The maximum atomic E-state index is 12.3. The fourth-order valence-corrected chi connectivity index (χ4v) is 3.46. The number of hydrogen-bond acceptors (Lipinski definition) is 3. The Balaban J connectivity index is 1.70. The van der Waals surface area contributed by atoms with Crippen LogP contribution in [-0.4, -0.2) is 24.3 Å². The lowest BCUT2D eigenvalue weighted by Gasteiger charge is -2.24. The molecule has 25 heavy (non-hydrogen) atoms. The summed E-state index contributed by atoms with van der Waals surface area (Å²) in [4.78, 5) is 29.0. The summed E-state index contributed by atoms with van der Waals surface area (Å²) in [5.41, 5.74) is 1.09. The highest BCUT2D eigenvalue weighted by atomic mass is 16.2. The summed E-state index contributed by atoms with van der Waals surface area (Å²) < 4.78 is 0. The van der Waals surface area contributed by atoms with E-state index in [1.165, 1.54) is 38.5 Å². The van der Waals surface area contributed by atoms with Crippen LogP contribution in [0.1, 0.15) is 76.2 Å². The van der Waals surface area contributed by atoms with Crippen molar-refractivity contribution >= 4 is 17.8 Å². The number of nitrogens with zero attached hydrogens (tertiary/aromatic N) is 1. The molecule has 0 N–H and O–H groups in total. The fraction of sp³-hybridized carbons (Fsp3) is 0.591. The van der Waals surface area contributed by atoms with Gasteiger partial charge in [0.2, 0.25) is 0 Å². The first-order valence-corrected chi connectivity index (χ1v) is 9.82. The van der Waals surface area contributed by atoms with E-state index in [0.717, 1.165) is 18.5 Å². The van der Waals surface area contributed by atoms with Crippen LogP contribution in [-0.2, 0) is 9.59 Å². The minimum Gasteiger partial charge on any atom is -0.298 e. The second-order valence-electron chi connectivity index (χ2n) is 7.10. The number of ketones is 2. The molecule has 0 unspecified atom stereocenters. The molecule has 0 bridgehead atoms. The van der Waals surface area contributed by atoms with Gasteiger partial charge in [0.15, 0.2) is 0 Å². The van der Waals surface area contributed by atoms with Crippen molar-refractivity contribution in [1.82, 2.24) is 0 Å². The normalized spacial score (nSPS) is 21.2. The topological polar surface area (TPSA) is 46.5 Å². The summed E-state index contributed by atoms with van der Waals surface area (Å²) in [7, 11) is 0. The van der Waals surface area contributed by atoms with E-state index < -0.39 is 5.92 Å². The highest BCUT2D eigenvalue weighted by molar-refractivity contribution is 6.16. The average Bonchev–Trinajstić information content (AvgIpc) is 2.62. The van der Waals surface area contributed by atoms with Gasteiger partial charge in [-0.25, -0.2) is 0 Å². The van der Waals surface area contributed by atoms with Crippen molar-refractivity contribution in [2.75, 3.05) is 6.54 Å². The van der Waals surface area contributed by atoms with E-state index >= 15 is 0 Å². The van der Waals surface area contributed by atoms with Gasteiger partial charge in [0.05, 0.1) is 0 Å². The van der Waals surface area contributed by atoms with Crippen molar-refractivity contribution in [1.29, 1.82) is 0 Å². The van der Waals surface area contributed by atoms with Crippen molar-refractivity contribution in [3.63, 3.8) is 0 Å². The molecule has 0 aliphatic heterocycles. The Morgan fingerprint density at radius 1 is 0.920 bits per heavy atom. The first-order valence-electron chi connectivity index (χ1n) is 9.82. The zero-order valence-corrected chi connectivity index (χ0v) is 15.5. The van der Waals surface area contributed by atoms with E-state index in [1.807, 2.05) is 30.3 Å². The Morgan fingerprint density at radius 3 is 2.16 bits per heavy atom. The summed E-state index contributed by atoms with van der Waals surface area (Å²) >= 11 is 0. The second-order valence-corrected chi connectivity index (χ2v) is 7.10. The number of carbonyl (C=O) groups is 2. The fourth-order valence-electron chi connectivity index (χ4n) is 3.46. The Labute approximate surface area is 151 Å². The van der Waals surface area contributed by atoms with E-state index in [-0.39, 0.29) is 17.5 Å². The van der Waals surface area contributed by atoms with Crippen molar-refractivity contribution in [3.8, 4) is 0 Å². The van der Waals surface area contributed by atoms with Crippen LogP contribution in [0.4, 0.5) is 0 Å². The maximum Gasteiger partial charge on any atom is 0.149 e. The van der Waals surface area contributed by atoms with Gasteiger partial charge in [-0.3, -0.25) is 14.6 Å². The summed E-state index contributed by atoms with van der Waals surface area (Å²) in [5, 5.41) is 0. The molecule has 0 radical (unpaired) electrons. The quantitative estimate of drug-likeness (QED) is 0.336. The number of aliphatic imine (C=N–C) groups is 1. The third-order valence-corrected chi connectivity index (χ3v) is 5.01. The van der Waals surface area contributed by atoms with Crippen LogP contribution in [0.3, 0.4) is 0 Å². The van der Waals surface area contributed by atoms with E-state index in [2.05, 4.69) is 11.9 Å². The molecule has 1 fully saturated rings. The summed E-state index contributed by atoms with van der Waals surface area (Å²) in [6.45, 7) is 2.96. The van der Waals surface area contributed by atoms with E-state index in [1.54, 1.807) is 6.21 Å². The standard InChI is InChI=1S/C22H31NO2/c1-2-3-4-5-6-7-11-14-23-17-20-21(24)15-19(16-22(20)25)18-12-9-8-10-13-18/h8-10,12-13,17,19-20H,2-7,11,14-16H2,1H3. The lowest BCUT2D eigenvalue weighted by atomic mass is 9.77. The number of rotatable bonds is 10. The molecular formula is C22H31NO2. The summed E-state index contributed by atoms with van der Waals surface area (Å²) in [6, 6.07) is 9.87. The predicted octanol–water partition coefficient (Wildman–Crippen LogP) is 5.14. The molecular weight excluding hydrogens is 310 g/mol. The van der Waals surface area contributed by atoms with Crippen LogP contribution in [0.5, 0.6) is 0 Å². The Morgan fingerprint density at radius 2 is 1.52 bits per heavy atom. The van der Waals surface area contributed by atoms with Crippen molar-refractivity contribution in [3.05, 3.63) is 35.9 Å². The number of carbonyl (C=O) groups excluding carboxylic acids is 2. The molecule has 1 aliphatic carbocycles. The Hall–Kier alpha value is -1.77. The third-order valence-electron chi connectivity index (χ3n) is 5.01. The van der Waals surface area contributed by atoms with Gasteiger partial charge < -0.3 is 0 Å². The van der Waals surface area contributed by atoms with Gasteiger partial charge >= 0.3 is 0 Å². The zero-order chi connectivity index (χ0) is 17.9. The lowest BCUT2D eigenvalue weighted by molar-refractivity contribution is -0.133. The van der Waals surface area contributed by atoms with Crippen LogP contribution >= 0.6 is 0 Å². The Kier molecular flexibility index (Phi) is 8.58. The first kappa shape index (κ1) is 19.6. The molecule has 0 atom stereocenters. The third kappa shape index (κ3) is 6.56. The van der Waals surface area contributed by atoms with Gasteiger partial charge in [-0.2, -0.15) is 0 Å². The van der Waals surface area contributed by atoms with Crippen LogP contribution in [0.2, 0.25) is 0 Å². The molecule has 1 aromatic carbocycles. The number of Topliss-reactive ketones (excluding diaryl/α,β-unsaturated/α-hetero) is 2. The maximum absolute atomic E-state index is 12.3. The minimum absolute atomic E-state index is 0.0217. The van der Waals surface area contributed by atoms with E-state index in [9.17, 15) is 9.59 Å². The molecule has 3 nitrogen and oxygen atoms in total. The lowest BCUT2D eigenvalue weighted by Crippen LogP contribution is -2.33. The van der Waals surface area contributed by atoms with Gasteiger partial charge in [0.1, 0.15) is 17.5 Å². The molecule has 0 aromatic heterocycles. The largest absolute Gasteiger partial charge is 0.298 e. The average molecular weight is 341 g/mol. The summed E-state index contributed by atoms with van der Waals surface area (Å²) in [6.07, 6.45) is 11.2. The van der Waals surface area contributed by atoms with E-state index in [4.69, 9.17) is 0 Å². The monoisotopic (exact) mass is 341 g/mol. The SMILES string of the molecule is CCCCCCCCCN=CC1C(=O)CC(c2ccccc2)CC1=O. The van der Waals surface area contributed by atoms with Gasteiger partial charge in [-0.05, 0) is 17.9 Å². The molecule has 1 saturated carbocycles. The highest BCUT2D eigenvalue weighted by Gasteiger charge is 2.34. The molecule has 0 amide bonds. The van der Waals surface area contributed by atoms with Gasteiger partial charge in [0.25, 0.3) is 0 Å². The minimum atomic E-state index is -0.607. The Bertz CT molecular complexity index is 547. The molecule has 1 aliphatic rings. The number of unbranched alkanes of at least 4 members (excludes halogenated alkanes) is 6.